The number of hydrogen-bond donors (Lipinski definition) is 2. The first-order chi connectivity index (χ1) is 6.25. The van der Waals surface area contributed by atoms with Crippen molar-refractivity contribution >= 4 is 5.91 Å². The van der Waals surface area contributed by atoms with E-state index in [2.05, 4.69) is 5.32 Å². The van der Waals surface area contributed by atoms with E-state index in [4.69, 9.17) is 5.73 Å². The number of nitrogens with two attached hydrogens (primary N) is 1. The van der Waals surface area contributed by atoms with Crippen molar-refractivity contribution in [3.63, 3.8) is 0 Å². The van der Waals surface area contributed by atoms with Gasteiger partial charge in [0.05, 0.1) is 0 Å². The smallest absolute Gasteiger partial charge is 0.223 e. The van der Waals surface area contributed by atoms with Gasteiger partial charge in [-0.15, -0.1) is 0 Å². The molecular formula is C10H18N2O. The van der Waals surface area contributed by atoms with Gasteiger partial charge in [0.1, 0.15) is 0 Å². The van der Waals surface area contributed by atoms with Gasteiger partial charge < -0.3 is 11.1 Å². The fourth-order valence-corrected chi connectivity index (χ4v) is 1.93. The van der Waals surface area contributed by atoms with Crippen molar-refractivity contribution in [1.82, 2.24) is 5.32 Å². The van der Waals surface area contributed by atoms with E-state index in [9.17, 15) is 4.79 Å². The Labute approximate surface area is 79.1 Å². The van der Waals surface area contributed by atoms with Gasteiger partial charge in [-0.1, -0.05) is 0 Å². The van der Waals surface area contributed by atoms with E-state index >= 15 is 0 Å². The van der Waals surface area contributed by atoms with E-state index in [-0.39, 0.29) is 11.8 Å². The molecule has 0 aromatic rings. The van der Waals surface area contributed by atoms with Crippen LogP contribution < -0.4 is 11.1 Å². The molecule has 2 saturated carbocycles. The molecule has 0 saturated heterocycles. The molecule has 1 amide bonds. The highest BCUT2D eigenvalue weighted by Crippen LogP contribution is 2.25. The minimum atomic E-state index is 0.250. The molecule has 0 bridgehead atoms. The molecule has 3 nitrogen and oxygen atoms in total. The van der Waals surface area contributed by atoms with Crippen LogP contribution in [0.25, 0.3) is 0 Å². The average Bonchev–Trinajstić information content (AvgIpc) is 2.89. The molecule has 0 heterocycles. The van der Waals surface area contributed by atoms with E-state index in [0.29, 0.717) is 12.1 Å². The van der Waals surface area contributed by atoms with Crippen LogP contribution in [0.15, 0.2) is 0 Å². The Kier molecular flexibility index (Phi) is 2.54. The summed E-state index contributed by atoms with van der Waals surface area (Å²) in [5.74, 6) is 0.523. The van der Waals surface area contributed by atoms with E-state index in [1.165, 1.54) is 12.8 Å². The Balaban J connectivity index is 1.75. The monoisotopic (exact) mass is 182 g/mol. The molecule has 0 atom stereocenters. The molecule has 0 unspecified atom stereocenters. The zero-order valence-electron chi connectivity index (χ0n) is 7.96. The Hall–Kier alpha value is -0.570. The predicted molar refractivity (Wildman–Crippen MR) is 51.1 cm³/mol. The van der Waals surface area contributed by atoms with E-state index < -0.39 is 0 Å². The first-order valence-electron chi connectivity index (χ1n) is 5.31. The second-order valence-electron chi connectivity index (χ2n) is 4.39. The van der Waals surface area contributed by atoms with Crippen molar-refractivity contribution in [1.29, 1.82) is 0 Å². The standard InChI is InChI=1S/C10H18N2O/c11-8-3-1-7(2-4-8)10(13)12-9-5-6-9/h7-9H,1-6,11H2,(H,12,13)/t7-,8-. The highest BCUT2D eigenvalue weighted by Gasteiger charge is 2.29. The Morgan fingerprint density at radius 1 is 1.08 bits per heavy atom. The second-order valence-corrected chi connectivity index (χ2v) is 4.39. The lowest BCUT2D eigenvalue weighted by molar-refractivity contribution is -0.126. The molecule has 13 heavy (non-hydrogen) atoms. The molecule has 2 fully saturated rings. The van der Waals surface area contributed by atoms with E-state index in [0.717, 1.165) is 25.7 Å². The first kappa shape index (κ1) is 9.00. The molecule has 0 aromatic heterocycles. The molecule has 0 radical (unpaired) electrons. The summed E-state index contributed by atoms with van der Waals surface area (Å²) in [5, 5.41) is 3.06. The number of amides is 1. The highest BCUT2D eigenvalue weighted by molar-refractivity contribution is 5.79. The molecule has 0 aliphatic heterocycles. The highest BCUT2D eigenvalue weighted by atomic mass is 16.2. The van der Waals surface area contributed by atoms with Crippen LogP contribution in [0.3, 0.4) is 0 Å². The van der Waals surface area contributed by atoms with Gasteiger partial charge in [0.25, 0.3) is 0 Å². The first-order valence-corrected chi connectivity index (χ1v) is 5.31. The molecule has 3 N–H and O–H groups in total. The summed E-state index contributed by atoms with van der Waals surface area (Å²) in [6.07, 6.45) is 6.36. The van der Waals surface area contributed by atoms with Crippen LogP contribution in [0.4, 0.5) is 0 Å². The van der Waals surface area contributed by atoms with Gasteiger partial charge in [-0.2, -0.15) is 0 Å². The van der Waals surface area contributed by atoms with Crippen molar-refractivity contribution in [2.45, 2.75) is 50.6 Å². The summed E-state index contributed by atoms with van der Waals surface area (Å²) in [6, 6.07) is 0.841. The van der Waals surface area contributed by atoms with Crippen LogP contribution in [-0.4, -0.2) is 18.0 Å². The SMILES string of the molecule is N[C@H]1CC[C@H](C(=O)NC2CC2)CC1. The summed E-state index contributed by atoms with van der Waals surface area (Å²) in [6.45, 7) is 0. The van der Waals surface area contributed by atoms with Gasteiger partial charge in [0, 0.05) is 18.0 Å². The van der Waals surface area contributed by atoms with Crippen LogP contribution in [0.1, 0.15) is 38.5 Å². The third-order valence-corrected chi connectivity index (χ3v) is 3.07. The predicted octanol–water partition coefficient (Wildman–Crippen LogP) is 0.782. The molecule has 2 aliphatic rings. The topological polar surface area (TPSA) is 55.1 Å². The van der Waals surface area contributed by atoms with Gasteiger partial charge in [0.2, 0.25) is 5.91 Å². The third-order valence-electron chi connectivity index (χ3n) is 3.07. The van der Waals surface area contributed by atoms with Crippen molar-refractivity contribution in [3.05, 3.63) is 0 Å². The van der Waals surface area contributed by atoms with Gasteiger partial charge in [0.15, 0.2) is 0 Å². The quantitative estimate of drug-likeness (QED) is 0.663. The van der Waals surface area contributed by atoms with E-state index in [1.54, 1.807) is 0 Å². The van der Waals surface area contributed by atoms with Crippen molar-refractivity contribution in [2.24, 2.45) is 11.7 Å². The fourth-order valence-electron chi connectivity index (χ4n) is 1.93. The Morgan fingerprint density at radius 2 is 1.69 bits per heavy atom. The molecule has 0 aromatic carbocycles. The van der Waals surface area contributed by atoms with Gasteiger partial charge >= 0.3 is 0 Å². The third kappa shape index (κ3) is 2.44. The lowest BCUT2D eigenvalue weighted by atomic mass is 9.86. The van der Waals surface area contributed by atoms with Gasteiger partial charge in [-0.05, 0) is 38.5 Å². The Bertz CT molecular complexity index is 193. The summed E-state index contributed by atoms with van der Waals surface area (Å²) in [4.78, 5) is 11.6. The number of nitrogens with one attached hydrogen (secondary N) is 1. The second kappa shape index (κ2) is 3.66. The molecular weight excluding hydrogens is 164 g/mol. The summed E-state index contributed by atoms with van der Waals surface area (Å²) in [5.41, 5.74) is 5.78. The van der Waals surface area contributed by atoms with Crippen molar-refractivity contribution in [3.8, 4) is 0 Å². The maximum Gasteiger partial charge on any atom is 0.223 e. The van der Waals surface area contributed by atoms with Gasteiger partial charge in [-0.3, -0.25) is 4.79 Å². The van der Waals surface area contributed by atoms with Crippen LogP contribution in [-0.2, 0) is 4.79 Å². The number of carbonyl (C=O) groups excluding carboxylic acids is 1. The van der Waals surface area contributed by atoms with Crippen LogP contribution in [0.2, 0.25) is 0 Å². The summed E-state index contributed by atoms with van der Waals surface area (Å²) >= 11 is 0. The minimum Gasteiger partial charge on any atom is -0.353 e. The maximum atomic E-state index is 11.6. The van der Waals surface area contributed by atoms with Gasteiger partial charge in [-0.25, -0.2) is 0 Å². The van der Waals surface area contributed by atoms with E-state index in [1.807, 2.05) is 0 Å². The maximum absolute atomic E-state index is 11.6. The normalized spacial score (nSPS) is 34.2. The largest absolute Gasteiger partial charge is 0.353 e. The average molecular weight is 182 g/mol. The molecule has 2 aliphatic carbocycles. The zero-order chi connectivity index (χ0) is 9.26. The number of hydrogen-bond acceptors (Lipinski definition) is 2. The number of rotatable bonds is 2. The summed E-state index contributed by atoms with van der Waals surface area (Å²) < 4.78 is 0. The zero-order valence-corrected chi connectivity index (χ0v) is 7.96. The lowest BCUT2D eigenvalue weighted by Gasteiger charge is -2.25. The van der Waals surface area contributed by atoms with Crippen molar-refractivity contribution < 1.29 is 4.79 Å². The number of carbonyl (C=O) groups is 1. The minimum absolute atomic E-state index is 0.250. The van der Waals surface area contributed by atoms with Crippen LogP contribution in [0.5, 0.6) is 0 Å². The summed E-state index contributed by atoms with van der Waals surface area (Å²) in [7, 11) is 0. The fraction of sp³-hybridized carbons (Fsp3) is 0.900. The molecule has 3 heteroatoms. The lowest BCUT2D eigenvalue weighted by Crippen LogP contribution is -2.37. The molecule has 74 valence electrons. The Morgan fingerprint density at radius 3 is 2.23 bits per heavy atom. The van der Waals surface area contributed by atoms with Crippen LogP contribution in [0, 0.1) is 5.92 Å². The van der Waals surface area contributed by atoms with Crippen LogP contribution >= 0.6 is 0 Å². The molecule has 0 spiro atoms. The van der Waals surface area contributed by atoms with Crippen molar-refractivity contribution in [2.75, 3.05) is 0 Å². The molecule has 2 rings (SSSR count).